The molecule has 2 heterocycles. The maximum atomic E-state index is 12.8. The van der Waals surface area contributed by atoms with Crippen molar-refractivity contribution in [3.63, 3.8) is 0 Å². The van der Waals surface area contributed by atoms with Gasteiger partial charge in [-0.2, -0.15) is 0 Å². The van der Waals surface area contributed by atoms with Crippen LogP contribution >= 0.6 is 11.8 Å². The third kappa shape index (κ3) is 2.83. The molecule has 2 aromatic rings. The first-order valence-electron chi connectivity index (χ1n) is 7.07. The van der Waals surface area contributed by atoms with E-state index in [2.05, 4.69) is 17.1 Å². The van der Waals surface area contributed by atoms with Crippen LogP contribution in [-0.4, -0.2) is 33.2 Å². The average Bonchev–Trinajstić information content (AvgIpc) is 2.91. The number of thioether (sulfide) groups is 1. The summed E-state index contributed by atoms with van der Waals surface area (Å²) in [6.45, 7) is 0.543. The Morgan fingerprint density at radius 2 is 2.29 bits per heavy atom. The van der Waals surface area contributed by atoms with Crippen molar-refractivity contribution in [3.05, 3.63) is 53.6 Å². The molecule has 0 radical (unpaired) electrons. The summed E-state index contributed by atoms with van der Waals surface area (Å²) in [6.07, 6.45) is 4.71. The van der Waals surface area contributed by atoms with Crippen LogP contribution in [0, 0.1) is 0 Å². The van der Waals surface area contributed by atoms with E-state index in [1.807, 2.05) is 37.0 Å². The van der Waals surface area contributed by atoms with E-state index < -0.39 is 0 Å². The highest BCUT2D eigenvalue weighted by Crippen LogP contribution is 2.37. The second-order valence-corrected chi connectivity index (χ2v) is 6.56. The summed E-state index contributed by atoms with van der Waals surface area (Å²) in [7, 11) is 3.81. The summed E-state index contributed by atoms with van der Waals surface area (Å²) in [6, 6.07) is 8.28. The van der Waals surface area contributed by atoms with Crippen molar-refractivity contribution in [1.82, 2.24) is 14.5 Å². The number of rotatable bonds is 3. The molecule has 0 saturated carbocycles. The smallest absolute Gasteiger partial charge is 0.240 e. The van der Waals surface area contributed by atoms with Crippen molar-refractivity contribution < 1.29 is 4.79 Å². The number of aryl methyl sites for hydroxylation is 2. The molecule has 0 spiro atoms. The summed E-state index contributed by atoms with van der Waals surface area (Å²) in [5.74, 6) is 2.07. The van der Waals surface area contributed by atoms with Gasteiger partial charge in [0, 0.05) is 26.5 Å². The second kappa shape index (κ2) is 5.93. The summed E-state index contributed by atoms with van der Waals surface area (Å²) in [4.78, 5) is 18.8. The van der Waals surface area contributed by atoms with Crippen LogP contribution in [-0.2, 0) is 24.8 Å². The van der Waals surface area contributed by atoms with Gasteiger partial charge in [0.05, 0.1) is 6.54 Å². The fourth-order valence-corrected chi connectivity index (χ4v) is 3.94. The van der Waals surface area contributed by atoms with E-state index >= 15 is 0 Å². The van der Waals surface area contributed by atoms with Crippen molar-refractivity contribution in [2.24, 2.45) is 7.05 Å². The van der Waals surface area contributed by atoms with Gasteiger partial charge in [0.1, 0.15) is 11.1 Å². The highest BCUT2D eigenvalue weighted by atomic mass is 32.2. The molecule has 1 amide bonds. The maximum Gasteiger partial charge on any atom is 0.240 e. The first-order valence-corrected chi connectivity index (χ1v) is 8.12. The quantitative estimate of drug-likeness (QED) is 0.874. The molecule has 0 N–H and O–H groups in total. The van der Waals surface area contributed by atoms with Gasteiger partial charge >= 0.3 is 0 Å². The standard InChI is InChI=1S/C16H19N3OS/c1-18-9-8-17-14(18)11-19(2)16(20)15-13-6-4-3-5-12(13)7-10-21-15/h3-6,8-9,15H,7,10-11H2,1-2H3. The molecule has 0 fully saturated rings. The minimum atomic E-state index is -0.0831. The summed E-state index contributed by atoms with van der Waals surface area (Å²) in [5.41, 5.74) is 2.48. The number of hydrogen-bond acceptors (Lipinski definition) is 3. The molecule has 0 saturated heterocycles. The Bertz CT molecular complexity index is 652. The van der Waals surface area contributed by atoms with Crippen molar-refractivity contribution in [2.75, 3.05) is 12.8 Å². The number of benzene rings is 1. The number of nitrogens with zero attached hydrogens (tertiary/aromatic N) is 3. The van der Waals surface area contributed by atoms with Crippen LogP contribution in [0.3, 0.4) is 0 Å². The number of likely N-dealkylation sites (N-methyl/N-ethyl adjacent to an activating group) is 1. The molecule has 1 aromatic heterocycles. The molecule has 1 aromatic carbocycles. The first-order chi connectivity index (χ1) is 10.2. The van der Waals surface area contributed by atoms with E-state index in [1.54, 1.807) is 22.9 Å². The van der Waals surface area contributed by atoms with Gasteiger partial charge in [-0.3, -0.25) is 4.79 Å². The minimum absolute atomic E-state index is 0.0831. The number of hydrogen-bond donors (Lipinski definition) is 0. The lowest BCUT2D eigenvalue weighted by Gasteiger charge is -2.28. The molecule has 110 valence electrons. The van der Waals surface area contributed by atoms with Gasteiger partial charge in [0.25, 0.3) is 0 Å². The van der Waals surface area contributed by atoms with Crippen LogP contribution in [0.4, 0.5) is 0 Å². The van der Waals surface area contributed by atoms with Crippen LogP contribution in [0.25, 0.3) is 0 Å². The predicted molar refractivity (Wildman–Crippen MR) is 85.0 cm³/mol. The second-order valence-electron chi connectivity index (χ2n) is 5.35. The Kier molecular flexibility index (Phi) is 4.01. The lowest BCUT2D eigenvalue weighted by molar-refractivity contribution is -0.130. The Hall–Kier alpha value is -1.75. The van der Waals surface area contributed by atoms with E-state index in [9.17, 15) is 4.79 Å². The normalized spacial score (nSPS) is 17.3. The van der Waals surface area contributed by atoms with Crippen molar-refractivity contribution in [3.8, 4) is 0 Å². The summed E-state index contributed by atoms with van der Waals surface area (Å²) < 4.78 is 1.95. The SMILES string of the molecule is CN(Cc1nccn1C)C(=O)C1SCCc2ccccc21. The van der Waals surface area contributed by atoms with Crippen molar-refractivity contribution in [2.45, 2.75) is 18.2 Å². The van der Waals surface area contributed by atoms with Gasteiger partial charge in [-0.05, 0) is 23.3 Å². The van der Waals surface area contributed by atoms with Crippen molar-refractivity contribution in [1.29, 1.82) is 0 Å². The largest absolute Gasteiger partial charge is 0.337 e. The summed E-state index contributed by atoms with van der Waals surface area (Å²) in [5, 5.41) is -0.0831. The highest BCUT2D eigenvalue weighted by molar-refractivity contribution is 8.00. The summed E-state index contributed by atoms with van der Waals surface area (Å²) >= 11 is 1.74. The minimum Gasteiger partial charge on any atom is -0.337 e. The Balaban J connectivity index is 1.78. The van der Waals surface area contributed by atoms with Crippen LogP contribution in [0.15, 0.2) is 36.7 Å². The molecule has 1 atom stereocenters. The first kappa shape index (κ1) is 14.2. The van der Waals surface area contributed by atoms with E-state index in [4.69, 9.17) is 0 Å². The number of amides is 1. The monoisotopic (exact) mass is 301 g/mol. The molecule has 1 unspecified atom stereocenters. The number of aromatic nitrogens is 2. The van der Waals surface area contributed by atoms with Gasteiger partial charge in [0.15, 0.2) is 0 Å². The average molecular weight is 301 g/mol. The van der Waals surface area contributed by atoms with E-state index in [0.29, 0.717) is 6.54 Å². The van der Waals surface area contributed by atoms with E-state index in [-0.39, 0.29) is 11.2 Å². The van der Waals surface area contributed by atoms with Gasteiger partial charge in [0.2, 0.25) is 5.91 Å². The number of imidazole rings is 1. The fourth-order valence-electron chi connectivity index (χ4n) is 2.64. The zero-order valence-electron chi connectivity index (χ0n) is 12.3. The molecule has 21 heavy (non-hydrogen) atoms. The molecular weight excluding hydrogens is 282 g/mol. The van der Waals surface area contributed by atoms with Gasteiger partial charge < -0.3 is 9.47 Å². The lowest BCUT2D eigenvalue weighted by Crippen LogP contribution is -2.32. The topological polar surface area (TPSA) is 38.1 Å². The van der Waals surface area contributed by atoms with Gasteiger partial charge in [-0.25, -0.2) is 4.98 Å². The lowest BCUT2D eigenvalue weighted by atomic mass is 10.0. The number of carbonyl (C=O) groups is 1. The van der Waals surface area contributed by atoms with Crippen LogP contribution in [0.1, 0.15) is 22.2 Å². The van der Waals surface area contributed by atoms with E-state index in [0.717, 1.165) is 18.0 Å². The number of carbonyl (C=O) groups excluding carboxylic acids is 1. The Morgan fingerprint density at radius 3 is 3.05 bits per heavy atom. The zero-order chi connectivity index (χ0) is 14.8. The van der Waals surface area contributed by atoms with Crippen LogP contribution in [0.2, 0.25) is 0 Å². The molecule has 0 bridgehead atoms. The highest BCUT2D eigenvalue weighted by Gasteiger charge is 2.29. The predicted octanol–water partition coefficient (Wildman–Crippen LogP) is 2.41. The number of fused-ring (bicyclic) bond motifs is 1. The van der Waals surface area contributed by atoms with Gasteiger partial charge in [-0.1, -0.05) is 24.3 Å². The molecule has 1 aliphatic heterocycles. The third-order valence-corrected chi connectivity index (χ3v) is 5.12. The van der Waals surface area contributed by atoms with Gasteiger partial charge in [-0.15, -0.1) is 11.8 Å². The third-order valence-electron chi connectivity index (χ3n) is 3.89. The van der Waals surface area contributed by atoms with Crippen LogP contribution < -0.4 is 0 Å². The van der Waals surface area contributed by atoms with Crippen molar-refractivity contribution >= 4 is 17.7 Å². The van der Waals surface area contributed by atoms with Crippen LogP contribution in [0.5, 0.6) is 0 Å². The molecule has 5 heteroatoms. The molecule has 0 aliphatic carbocycles. The molecular formula is C16H19N3OS. The molecule has 1 aliphatic rings. The molecule has 3 rings (SSSR count). The zero-order valence-corrected chi connectivity index (χ0v) is 13.1. The van der Waals surface area contributed by atoms with E-state index in [1.165, 1.54) is 11.1 Å². The Labute approximate surface area is 129 Å². The maximum absolute atomic E-state index is 12.8. The molecule has 4 nitrogen and oxygen atoms in total. The fraction of sp³-hybridized carbons (Fsp3) is 0.375. The Morgan fingerprint density at radius 1 is 1.48 bits per heavy atom.